The lowest BCUT2D eigenvalue weighted by Crippen LogP contribution is -2.53. The molecular weight excluding hydrogens is 322 g/mol. The van der Waals surface area contributed by atoms with E-state index in [1.54, 1.807) is 12.1 Å². The summed E-state index contributed by atoms with van der Waals surface area (Å²) in [7, 11) is 0. The molecule has 1 atom stereocenters. The smallest absolute Gasteiger partial charge is 0.238 e. The average Bonchev–Trinajstić information content (AvgIpc) is 2.56. The third-order valence-corrected chi connectivity index (χ3v) is 5.29. The van der Waals surface area contributed by atoms with Crippen LogP contribution in [0.2, 0.25) is 0 Å². The Hall–Kier alpha value is -2.26. The molecule has 1 fully saturated rings. The summed E-state index contributed by atoms with van der Waals surface area (Å²) in [6.07, 6.45) is 4.15. The molecule has 1 unspecified atom stereocenters. The molecule has 1 aliphatic carbocycles. The number of rotatable bonds is 2. The number of benzene rings is 1. The van der Waals surface area contributed by atoms with Gasteiger partial charge >= 0.3 is 0 Å². The highest BCUT2D eigenvalue weighted by Gasteiger charge is 2.53. The number of carbonyl (C=O) groups is 2. The molecule has 3 rings (SSSR count). The van der Waals surface area contributed by atoms with Crippen LogP contribution in [0.4, 0.5) is 5.69 Å². The molecule has 2 aliphatic rings. The second-order valence-electron chi connectivity index (χ2n) is 6.33. The van der Waals surface area contributed by atoms with Crippen LogP contribution in [0.5, 0.6) is 0 Å². The first-order chi connectivity index (χ1) is 11.6. The highest BCUT2D eigenvalue weighted by Crippen LogP contribution is 2.51. The molecule has 1 spiro atoms. The van der Waals surface area contributed by atoms with Gasteiger partial charge in [-0.05, 0) is 25.0 Å². The molecule has 0 radical (unpaired) electrons. The van der Waals surface area contributed by atoms with Gasteiger partial charge in [-0.15, -0.1) is 12.6 Å². The minimum Gasteiger partial charge on any atom is -0.325 e. The van der Waals surface area contributed by atoms with Crippen molar-refractivity contribution in [2.24, 2.45) is 11.3 Å². The summed E-state index contributed by atoms with van der Waals surface area (Å²) in [5.41, 5.74) is 0.324. The molecule has 1 aromatic carbocycles. The maximum Gasteiger partial charge on any atom is 0.238 e. The molecule has 0 bridgehead atoms. The lowest BCUT2D eigenvalue weighted by molar-refractivity contribution is -0.138. The summed E-state index contributed by atoms with van der Waals surface area (Å²) in [6.45, 7) is 0. The molecule has 24 heavy (non-hydrogen) atoms. The number of hydrogen-bond acceptors (Lipinski definition) is 4. The maximum absolute atomic E-state index is 12.9. The molecule has 1 aliphatic heterocycles. The first-order valence-electron chi connectivity index (χ1n) is 8.09. The number of para-hydroxylation sites is 1. The van der Waals surface area contributed by atoms with Gasteiger partial charge in [0.2, 0.25) is 11.8 Å². The molecule has 0 saturated heterocycles. The van der Waals surface area contributed by atoms with E-state index >= 15 is 0 Å². The van der Waals surface area contributed by atoms with Gasteiger partial charge in [-0.2, -0.15) is 5.26 Å². The fourth-order valence-electron chi connectivity index (χ4n) is 3.87. The Bertz CT molecular complexity index is 730. The van der Waals surface area contributed by atoms with Gasteiger partial charge in [0.25, 0.3) is 0 Å². The first kappa shape index (κ1) is 16.6. The summed E-state index contributed by atoms with van der Waals surface area (Å²) >= 11 is 4.28. The van der Waals surface area contributed by atoms with Gasteiger partial charge in [0.1, 0.15) is 5.92 Å². The lowest BCUT2D eigenvalue weighted by atomic mass is 9.60. The van der Waals surface area contributed by atoms with E-state index in [2.05, 4.69) is 29.3 Å². The molecule has 1 aromatic rings. The lowest BCUT2D eigenvalue weighted by Gasteiger charge is -2.44. The predicted molar refractivity (Wildman–Crippen MR) is 93.8 cm³/mol. The van der Waals surface area contributed by atoms with Crippen LogP contribution in [-0.4, -0.2) is 11.8 Å². The fourth-order valence-corrected chi connectivity index (χ4v) is 4.26. The van der Waals surface area contributed by atoms with E-state index in [9.17, 15) is 14.9 Å². The summed E-state index contributed by atoms with van der Waals surface area (Å²) in [5, 5.41) is 15.3. The van der Waals surface area contributed by atoms with E-state index in [1.165, 1.54) is 0 Å². The summed E-state index contributed by atoms with van der Waals surface area (Å²) < 4.78 is 0. The summed E-state index contributed by atoms with van der Waals surface area (Å²) in [5.74, 6) is -1.66. The first-order valence-corrected chi connectivity index (χ1v) is 8.54. The van der Waals surface area contributed by atoms with Gasteiger partial charge < -0.3 is 10.6 Å². The number of nitriles is 1. The second-order valence-corrected chi connectivity index (χ2v) is 6.78. The number of anilines is 1. The Morgan fingerprint density at radius 3 is 2.54 bits per heavy atom. The number of nitrogens with zero attached hydrogens (tertiary/aromatic N) is 1. The zero-order chi connectivity index (χ0) is 17.2. The minimum absolute atomic E-state index is 0.285. The third kappa shape index (κ3) is 2.80. The highest BCUT2D eigenvalue weighted by atomic mass is 32.1. The fraction of sp³-hybridized carbons (Fsp3) is 0.389. The number of hydrogen-bond donors (Lipinski definition) is 3. The minimum atomic E-state index is -0.913. The molecule has 1 saturated carbocycles. The van der Waals surface area contributed by atoms with Crippen molar-refractivity contribution in [1.82, 2.24) is 5.32 Å². The van der Waals surface area contributed by atoms with Gasteiger partial charge in [-0.1, -0.05) is 37.5 Å². The average molecular weight is 341 g/mol. The van der Waals surface area contributed by atoms with Gasteiger partial charge in [0, 0.05) is 11.1 Å². The van der Waals surface area contributed by atoms with Crippen LogP contribution in [0.1, 0.15) is 32.1 Å². The van der Waals surface area contributed by atoms with Crippen molar-refractivity contribution in [3.63, 3.8) is 0 Å². The highest BCUT2D eigenvalue weighted by molar-refractivity contribution is 7.84. The Labute approximate surface area is 146 Å². The zero-order valence-electron chi connectivity index (χ0n) is 13.2. The monoisotopic (exact) mass is 341 g/mol. The number of amides is 2. The van der Waals surface area contributed by atoms with E-state index in [0.717, 1.165) is 19.3 Å². The molecule has 1 heterocycles. The quantitative estimate of drug-likeness (QED) is 0.571. The van der Waals surface area contributed by atoms with Crippen molar-refractivity contribution in [3.05, 3.63) is 40.9 Å². The SMILES string of the molecule is N#CC1=C(S)NC(=O)C(C(=O)Nc2ccccc2)C12CCCCC2. The summed E-state index contributed by atoms with van der Waals surface area (Å²) in [6, 6.07) is 11.2. The van der Waals surface area contributed by atoms with Crippen LogP contribution in [0.15, 0.2) is 40.9 Å². The molecule has 0 aromatic heterocycles. The topological polar surface area (TPSA) is 82.0 Å². The van der Waals surface area contributed by atoms with Gasteiger partial charge in [0.05, 0.1) is 16.7 Å². The van der Waals surface area contributed by atoms with Gasteiger partial charge in [-0.3, -0.25) is 9.59 Å². The van der Waals surface area contributed by atoms with Crippen LogP contribution < -0.4 is 10.6 Å². The molecule has 5 nitrogen and oxygen atoms in total. The number of nitrogens with one attached hydrogen (secondary N) is 2. The van der Waals surface area contributed by atoms with E-state index in [0.29, 0.717) is 24.1 Å². The normalized spacial score (nSPS) is 22.7. The standard InChI is InChI=1S/C18H19N3O2S/c19-11-13-17(24)21-16(23)14(18(13)9-5-2-6-10-18)15(22)20-12-7-3-1-4-8-12/h1,3-4,7-8,14,24H,2,5-6,9-10H2,(H,20,22)(H,21,23). The van der Waals surface area contributed by atoms with Crippen molar-refractivity contribution >= 4 is 30.1 Å². The Balaban J connectivity index is 1.99. The zero-order valence-corrected chi connectivity index (χ0v) is 14.1. The molecule has 2 N–H and O–H groups in total. The third-order valence-electron chi connectivity index (χ3n) is 4.95. The van der Waals surface area contributed by atoms with Crippen LogP contribution in [-0.2, 0) is 9.59 Å². The van der Waals surface area contributed by atoms with Crippen LogP contribution in [0.25, 0.3) is 0 Å². The summed E-state index contributed by atoms with van der Waals surface area (Å²) in [4.78, 5) is 25.5. The van der Waals surface area contributed by atoms with Gasteiger partial charge in [-0.25, -0.2) is 0 Å². The Morgan fingerprint density at radius 2 is 1.92 bits per heavy atom. The number of carbonyl (C=O) groups excluding carboxylic acids is 2. The Kier molecular flexibility index (Phi) is 4.63. The molecule has 6 heteroatoms. The number of allylic oxidation sites excluding steroid dienone is 1. The van der Waals surface area contributed by atoms with Crippen molar-refractivity contribution in [2.75, 3.05) is 5.32 Å². The Morgan fingerprint density at radius 1 is 1.25 bits per heavy atom. The van der Waals surface area contributed by atoms with Crippen molar-refractivity contribution in [1.29, 1.82) is 5.26 Å². The van der Waals surface area contributed by atoms with E-state index in [-0.39, 0.29) is 16.8 Å². The van der Waals surface area contributed by atoms with E-state index in [1.807, 2.05) is 18.2 Å². The van der Waals surface area contributed by atoms with Crippen LogP contribution in [0.3, 0.4) is 0 Å². The largest absolute Gasteiger partial charge is 0.325 e. The molecule has 124 valence electrons. The van der Waals surface area contributed by atoms with Crippen LogP contribution >= 0.6 is 12.6 Å². The van der Waals surface area contributed by atoms with Crippen molar-refractivity contribution < 1.29 is 9.59 Å². The number of thiol groups is 1. The van der Waals surface area contributed by atoms with Crippen molar-refractivity contribution in [3.8, 4) is 6.07 Å². The maximum atomic E-state index is 12.9. The van der Waals surface area contributed by atoms with E-state index < -0.39 is 11.3 Å². The molecule has 2 amide bonds. The molecular formula is C18H19N3O2S. The van der Waals surface area contributed by atoms with E-state index in [4.69, 9.17) is 0 Å². The second kappa shape index (κ2) is 6.70. The van der Waals surface area contributed by atoms with Gasteiger partial charge in [0.15, 0.2) is 0 Å². The van der Waals surface area contributed by atoms with Crippen molar-refractivity contribution in [2.45, 2.75) is 32.1 Å². The van der Waals surface area contributed by atoms with Crippen LogP contribution in [0, 0.1) is 22.7 Å². The predicted octanol–water partition coefficient (Wildman–Crippen LogP) is 2.99.